The van der Waals surface area contributed by atoms with Gasteiger partial charge in [0.1, 0.15) is 10.3 Å². The number of benzene rings is 1. The van der Waals surface area contributed by atoms with Crippen LogP contribution in [0.4, 0.5) is 10.2 Å². The first-order valence-electron chi connectivity index (χ1n) is 5.66. The van der Waals surface area contributed by atoms with E-state index in [1.807, 2.05) is 0 Å². The minimum Gasteiger partial charge on any atom is -0.465 e. The third-order valence-electron chi connectivity index (χ3n) is 2.66. The summed E-state index contributed by atoms with van der Waals surface area (Å²) >= 11 is 3.03. The third-order valence-corrected chi connectivity index (χ3v) is 3.21. The van der Waals surface area contributed by atoms with Gasteiger partial charge in [-0.25, -0.2) is 9.18 Å². The number of carbonyl (C=O) groups is 1. The van der Waals surface area contributed by atoms with E-state index in [-0.39, 0.29) is 22.4 Å². The van der Waals surface area contributed by atoms with Crippen LogP contribution in [0.25, 0.3) is 0 Å². The van der Waals surface area contributed by atoms with Crippen molar-refractivity contribution in [3.05, 3.63) is 55.9 Å². The van der Waals surface area contributed by atoms with E-state index >= 15 is 0 Å². The van der Waals surface area contributed by atoms with E-state index in [1.165, 1.54) is 23.0 Å². The maximum atomic E-state index is 13.8. The van der Waals surface area contributed by atoms with Crippen LogP contribution in [0.5, 0.6) is 0 Å². The zero-order valence-electron chi connectivity index (χ0n) is 10.7. The zero-order chi connectivity index (χ0) is 15.6. The topological polar surface area (TPSA) is 87.3 Å². The van der Waals surface area contributed by atoms with E-state index in [4.69, 9.17) is 0 Å². The lowest BCUT2D eigenvalue weighted by Gasteiger charge is -2.03. The lowest BCUT2D eigenvalue weighted by Crippen LogP contribution is -2.06. The van der Waals surface area contributed by atoms with Gasteiger partial charge in [-0.05, 0) is 38.5 Å². The molecule has 0 fully saturated rings. The van der Waals surface area contributed by atoms with E-state index < -0.39 is 16.7 Å². The highest BCUT2D eigenvalue weighted by atomic mass is 79.9. The van der Waals surface area contributed by atoms with Crippen LogP contribution in [-0.4, -0.2) is 27.8 Å². The van der Waals surface area contributed by atoms with Crippen LogP contribution >= 0.6 is 15.9 Å². The fourth-order valence-corrected chi connectivity index (χ4v) is 2.17. The van der Waals surface area contributed by atoms with E-state index in [1.54, 1.807) is 0 Å². The van der Waals surface area contributed by atoms with Gasteiger partial charge in [0.15, 0.2) is 0 Å². The van der Waals surface area contributed by atoms with Crippen molar-refractivity contribution in [3.8, 4) is 0 Å². The van der Waals surface area contributed by atoms with Crippen molar-refractivity contribution < 1.29 is 18.8 Å². The highest BCUT2D eigenvalue weighted by Crippen LogP contribution is 2.22. The predicted octanol–water partition coefficient (Wildman–Crippen LogP) is 2.53. The Hall–Kier alpha value is -2.29. The number of rotatable bonds is 4. The van der Waals surface area contributed by atoms with Gasteiger partial charge in [0.05, 0.1) is 30.5 Å². The zero-order valence-corrected chi connectivity index (χ0v) is 12.3. The summed E-state index contributed by atoms with van der Waals surface area (Å²) in [5.41, 5.74) is 0.332. The van der Waals surface area contributed by atoms with Crippen molar-refractivity contribution in [2.24, 2.45) is 0 Å². The molecule has 2 aromatic rings. The van der Waals surface area contributed by atoms with E-state index in [9.17, 15) is 19.3 Å². The molecular weight excluding hydrogens is 349 g/mol. The lowest BCUT2D eigenvalue weighted by molar-refractivity contribution is -0.390. The van der Waals surface area contributed by atoms with Gasteiger partial charge in [-0.1, -0.05) is 6.07 Å². The minimum atomic E-state index is -0.767. The smallest absolute Gasteiger partial charge is 0.404 e. The van der Waals surface area contributed by atoms with Crippen LogP contribution < -0.4 is 0 Å². The van der Waals surface area contributed by atoms with Gasteiger partial charge >= 0.3 is 11.8 Å². The molecule has 7 nitrogen and oxygen atoms in total. The maximum Gasteiger partial charge on any atom is 0.404 e. The van der Waals surface area contributed by atoms with Crippen LogP contribution in [0, 0.1) is 15.9 Å². The van der Waals surface area contributed by atoms with E-state index in [2.05, 4.69) is 25.8 Å². The van der Waals surface area contributed by atoms with Gasteiger partial charge in [-0.2, -0.15) is 4.68 Å². The molecule has 0 N–H and O–H groups in total. The average Bonchev–Trinajstić information content (AvgIpc) is 2.79. The predicted molar refractivity (Wildman–Crippen MR) is 73.4 cm³/mol. The van der Waals surface area contributed by atoms with Gasteiger partial charge in [0, 0.05) is 0 Å². The minimum absolute atomic E-state index is 0.130. The number of halogens is 2. The molecule has 21 heavy (non-hydrogen) atoms. The Labute approximate surface area is 126 Å². The molecule has 0 aliphatic rings. The Morgan fingerprint density at radius 1 is 1.57 bits per heavy atom. The highest BCUT2D eigenvalue weighted by Gasteiger charge is 2.19. The number of nitrogens with zero attached hydrogens (tertiary/aromatic N) is 3. The first kappa shape index (κ1) is 15.1. The summed E-state index contributed by atoms with van der Waals surface area (Å²) in [7, 11) is 1.16. The van der Waals surface area contributed by atoms with Crippen LogP contribution in [0.3, 0.4) is 0 Å². The Morgan fingerprint density at radius 3 is 2.81 bits per heavy atom. The second-order valence-corrected chi connectivity index (χ2v) is 4.92. The van der Waals surface area contributed by atoms with Crippen molar-refractivity contribution in [2.45, 2.75) is 6.54 Å². The van der Waals surface area contributed by atoms with E-state index in [0.29, 0.717) is 5.56 Å². The van der Waals surface area contributed by atoms with Crippen LogP contribution in [0.2, 0.25) is 0 Å². The normalized spacial score (nSPS) is 10.4. The number of carbonyl (C=O) groups excluding carboxylic acids is 1. The number of ether oxygens (including phenoxy) is 1. The van der Waals surface area contributed by atoms with Gasteiger partial charge in [-0.15, -0.1) is 0 Å². The summed E-state index contributed by atoms with van der Waals surface area (Å²) in [6, 6.07) is 3.98. The average molecular weight is 358 g/mol. The highest BCUT2D eigenvalue weighted by molar-refractivity contribution is 9.10. The number of nitro groups is 1. The molecule has 0 radical (unpaired) electrons. The molecule has 0 saturated carbocycles. The monoisotopic (exact) mass is 357 g/mol. The Morgan fingerprint density at radius 2 is 2.29 bits per heavy atom. The second-order valence-electron chi connectivity index (χ2n) is 4.06. The van der Waals surface area contributed by atoms with Crippen molar-refractivity contribution in [1.82, 2.24) is 9.78 Å². The van der Waals surface area contributed by atoms with E-state index in [0.717, 1.165) is 13.2 Å². The van der Waals surface area contributed by atoms with Crippen molar-refractivity contribution >= 4 is 27.7 Å². The first-order valence-corrected chi connectivity index (χ1v) is 6.45. The molecule has 0 amide bonds. The quantitative estimate of drug-likeness (QED) is 0.476. The molecular formula is C12H9BrFN3O4. The summed E-state index contributed by atoms with van der Waals surface area (Å²) in [4.78, 5) is 21.3. The number of methoxy groups -OCH3 is 1. The summed E-state index contributed by atoms with van der Waals surface area (Å²) in [6.07, 6.45) is 1.42. The molecule has 0 aliphatic heterocycles. The van der Waals surface area contributed by atoms with Crippen molar-refractivity contribution in [1.29, 1.82) is 0 Å². The Bertz CT molecular complexity index is 717. The Balaban J connectivity index is 2.24. The standard InChI is InChI=1S/C12H9BrFN3O4/c1-21-12(18)8-3-2-7(4-10(8)14)5-16-6-9(13)11(15-16)17(19)20/h2-4,6H,5H2,1H3. The number of aromatic nitrogens is 2. The molecule has 0 saturated heterocycles. The largest absolute Gasteiger partial charge is 0.465 e. The molecule has 2 rings (SSSR count). The molecule has 9 heteroatoms. The van der Waals surface area contributed by atoms with Crippen LogP contribution in [-0.2, 0) is 11.3 Å². The number of esters is 1. The molecule has 0 unspecified atom stereocenters. The lowest BCUT2D eigenvalue weighted by atomic mass is 10.1. The Kier molecular flexibility index (Phi) is 4.32. The number of hydrogen-bond acceptors (Lipinski definition) is 5. The van der Waals surface area contributed by atoms with Gasteiger partial charge < -0.3 is 14.9 Å². The summed E-state index contributed by atoms with van der Waals surface area (Å²) in [5, 5.41) is 14.4. The maximum absolute atomic E-state index is 13.8. The van der Waals surface area contributed by atoms with Gasteiger partial charge in [-0.3, -0.25) is 0 Å². The molecule has 0 atom stereocenters. The van der Waals surface area contributed by atoms with Crippen LogP contribution in [0.15, 0.2) is 28.9 Å². The fraction of sp³-hybridized carbons (Fsp3) is 0.167. The molecule has 0 aliphatic carbocycles. The SMILES string of the molecule is COC(=O)c1ccc(Cn2cc(Br)c([N+](=O)[O-])n2)cc1F. The molecule has 0 spiro atoms. The molecule has 1 heterocycles. The second kappa shape index (κ2) is 6.00. The summed E-state index contributed by atoms with van der Waals surface area (Å²) in [5.74, 6) is -1.81. The number of hydrogen-bond donors (Lipinski definition) is 0. The van der Waals surface area contributed by atoms with Gasteiger partial charge in [0.25, 0.3) is 0 Å². The molecule has 1 aromatic heterocycles. The van der Waals surface area contributed by atoms with Crippen molar-refractivity contribution in [2.75, 3.05) is 7.11 Å². The molecule has 1 aromatic carbocycles. The third kappa shape index (κ3) is 3.24. The summed E-state index contributed by atoms with van der Waals surface area (Å²) in [6.45, 7) is 0.130. The summed E-state index contributed by atoms with van der Waals surface area (Å²) < 4.78 is 19.7. The molecule has 110 valence electrons. The van der Waals surface area contributed by atoms with Crippen LogP contribution in [0.1, 0.15) is 15.9 Å². The first-order chi connectivity index (χ1) is 9.92. The fourth-order valence-electron chi connectivity index (χ4n) is 1.71. The van der Waals surface area contributed by atoms with Crippen molar-refractivity contribution in [3.63, 3.8) is 0 Å². The molecule has 0 bridgehead atoms. The van der Waals surface area contributed by atoms with Gasteiger partial charge in [0.2, 0.25) is 0 Å².